The van der Waals surface area contributed by atoms with E-state index in [0.717, 1.165) is 18.4 Å². The molecule has 3 aromatic rings. The summed E-state index contributed by atoms with van der Waals surface area (Å²) in [5.74, 6) is 2.23. The Morgan fingerprint density at radius 2 is 1.85 bits per heavy atom. The molecule has 1 aliphatic rings. The van der Waals surface area contributed by atoms with Gasteiger partial charge in [0, 0.05) is 19.2 Å². The average Bonchev–Trinajstić information content (AvgIpc) is 3.34. The molecule has 9 heteroatoms. The summed E-state index contributed by atoms with van der Waals surface area (Å²) in [4.78, 5) is 4.88. The van der Waals surface area contributed by atoms with Crippen molar-refractivity contribution in [1.82, 2.24) is 14.4 Å². The predicted octanol–water partition coefficient (Wildman–Crippen LogP) is 4.45. The first-order chi connectivity index (χ1) is 15.8. The summed E-state index contributed by atoms with van der Waals surface area (Å²) < 4.78 is 44.2. The Hall–Kier alpha value is -2.91. The van der Waals surface area contributed by atoms with Crippen molar-refractivity contribution in [2.45, 2.75) is 43.4 Å². The van der Waals surface area contributed by atoms with Crippen LogP contribution < -0.4 is 9.47 Å². The number of aromatic nitrogens is 2. The average molecular weight is 472 g/mol. The Labute approximate surface area is 194 Å². The molecule has 1 atom stereocenters. The van der Waals surface area contributed by atoms with Crippen molar-refractivity contribution in [3.63, 3.8) is 0 Å². The molecule has 0 N–H and O–H groups in total. The van der Waals surface area contributed by atoms with Crippen LogP contribution in [0.3, 0.4) is 0 Å². The highest BCUT2D eigenvalue weighted by Crippen LogP contribution is 2.34. The normalized spacial score (nSPS) is 17.3. The predicted molar refractivity (Wildman–Crippen MR) is 124 cm³/mol. The summed E-state index contributed by atoms with van der Waals surface area (Å²) in [5.41, 5.74) is 1.79. The first-order valence-electron chi connectivity index (χ1n) is 11.0. The van der Waals surface area contributed by atoms with Gasteiger partial charge in [-0.05, 0) is 48.6 Å². The molecule has 0 amide bonds. The fourth-order valence-electron chi connectivity index (χ4n) is 4.03. The Kier molecular flexibility index (Phi) is 6.71. The summed E-state index contributed by atoms with van der Waals surface area (Å²) in [7, 11) is -0.447. The Balaban J connectivity index is 1.54. The van der Waals surface area contributed by atoms with Gasteiger partial charge >= 0.3 is 0 Å². The lowest BCUT2D eigenvalue weighted by atomic mass is 10.00. The zero-order chi connectivity index (χ0) is 23.6. The van der Waals surface area contributed by atoms with E-state index in [4.69, 9.17) is 14.0 Å². The summed E-state index contributed by atoms with van der Waals surface area (Å²) in [6, 6.07) is 12.5. The standard InChI is InChI=1S/C24H29N3O5S/c1-16(2)17-7-10-20(11-8-17)33(28,29)27-13-5-6-18(15-27)24-25-23(26-32-24)21-12-9-19(30-3)14-22(21)31-4/h7-12,14,16,18H,5-6,13,15H2,1-4H3/t18-/m1/s1. The van der Waals surface area contributed by atoms with Crippen molar-refractivity contribution in [2.75, 3.05) is 27.3 Å². The highest BCUT2D eigenvalue weighted by Gasteiger charge is 2.33. The maximum Gasteiger partial charge on any atom is 0.243 e. The number of methoxy groups -OCH3 is 2. The maximum atomic E-state index is 13.2. The van der Waals surface area contributed by atoms with Crippen molar-refractivity contribution in [3.8, 4) is 22.9 Å². The number of nitrogens with zero attached hydrogens (tertiary/aromatic N) is 3. The smallest absolute Gasteiger partial charge is 0.243 e. The van der Waals surface area contributed by atoms with Crippen LogP contribution in [-0.2, 0) is 10.0 Å². The van der Waals surface area contributed by atoms with Crippen molar-refractivity contribution in [2.24, 2.45) is 0 Å². The molecule has 176 valence electrons. The van der Waals surface area contributed by atoms with E-state index in [2.05, 4.69) is 24.0 Å². The van der Waals surface area contributed by atoms with Crippen LogP contribution in [-0.4, -0.2) is 50.2 Å². The Morgan fingerprint density at radius 1 is 1.09 bits per heavy atom. The summed E-state index contributed by atoms with van der Waals surface area (Å²) in [6.45, 7) is 4.94. The molecule has 0 radical (unpaired) electrons. The minimum absolute atomic E-state index is 0.172. The molecular weight excluding hydrogens is 442 g/mol. The van der Waals surface area contributed by atoms with Crippen molar-refractivity contribution in [3.05, 3.63) is 53.9 Å². The van der Waals surface area contributed by atoms with Crippen LogP contribution in [0.5, 0.6) is 11.5 Å². The molecule has 1 saturated heterocycles. The number of hydrogen-bond donors (Lipinski definition) is 0. The van der Waals surface area contributed by atoms with Crippen molar-refractivity contribution in [1.29, 1.82) is 0 Å². The molecule has 1 aliphatic heterocycles. The first-order valence-corrected chi connectivity index (χ1v) is 12.4. The van der Waals surface area contributed by atoms with E-state index in [1.807, 2.05) is 18.2 Å². The zero-order valence-corrected chi connectivity index (χ0v) is 20.1. The minimum Gasteiger partial charge on any atom is -0.497 e. The number of benzene rings is 2. The lowest BCUT2D eigenvalue weighted by Crippen LogP contribution is -2.39. The molecule has 0 unspecified atom stereocenters. The van der Waals surface area contributed by atoms with Gasteiger partial charge < -0.3 is 14.0 Å². The second-order valence-electron chi connectivity index (χ2n) is 8.45. The van der Waals surface area contributed by atoms with E-state index in [-0.39, 0.29) is 5.92 Å². The molecule has 1 aromatic heterocycles. The van der Waals surface area contributed by atoms with Gasteiger partial charge in [-0.1, -0.05) is 31.1 Å². The van der Waals surface area contributed by atoms with E-state index in [1.54, 1.807) is 38.5 Å². The molecular formula is C24H29N3O5S. The molecule has 0 saturated carbocycles. The number of piperidine rings is 1. The number of rotatable bonds is 7. The SMILES string of the molecule is COc1ccc(-c2noc([C@@H]3CCCN(S(=O)(=O)c4ccc(C(C)C)cc4)C3)n2)c(OC)c1. The van der Waals surface area contributed by atoms with Gasteiger partial charge in [-0.2, -0.15) is 9.29 Å². The second-order valence-corrected chi connectivity index (χ2v) is 10.4. The van der Waals surface area contributed by atoms with Crippen LogP contribution in [0.1, 0.15) is 50.0 Å². The van der Waals surface area contributed by atoms with E-state index in [0.29, 0.717) is 52.7 Å². The fourth-order valence-corrected chi connectivity index (χ4v) is 5.55. The molecule has 0 aliphatic carbocycles. The van der Waals surface area contributed by atoms with Crippen LogP contribution in [0.2, 0.25) is 0 Å². The van der Waals surface area contributed by atoms with Gasteiger partial charge in [0.25, 0.3) is 0 Å². The molecule has 0 spiro atoms. The monoisotopic (exact) mass is 471 g/mol. The fraction of sp³-hybridized carbons (Fsp3) is 0.417. The second kappa shape index (κ2) is 9.52. The third kappa shape index (κ3) is 4.74. The van der Waals surface area contributed by atoms with Gasteiger partial charge in [0.2, 0.25) is 21.7 Å². The van der Waals surface area contributed by atoms with Gasteiger partial charge in [-0.25, -0.2) is 8.42 Å². The zero-order valence-electron chi connectivity index (χ0n) is 19.3. The summed E-state index contributed by atoms with van der Waals surface area (Å²) in [6.07, 6.45) is 1.50. The Bertz CT molecular complexity index is 1210. The topological polar surface area (TPSA) is 94.8 Å². The molecule has 1 fully saturated rings. The van der Waals surface area contributed by atoms with Crippen LogP contribution in [0.25, 0.3) is 11.4 Å². The van der Waals surface area contributed by atoms with Gasteiger partial charge in [0.05, 0.1) is 30.6 Å². The van der Waals surface area contributed by atoms with E-state index >= 15 is 0 Å². The highest BCUT2D eigenvalue weighted by atomic mass is 32.2. The van der Waals surface area contributed by atoms with Gasteiger partial charge in [-0.15, -0.1) is 0 Å². The lowest BCUT2D eigenvalue weighted by molar-refractivity contribution is 0.265. The van der Waals surface area contributed by atoms with E-state index in [9.17, 15) is 8.42 Å². The van der Waals surface area contributed by atoms with Crippen LogP contribution in [0, 0.1) is 0 Å². The highest BCUT2D eigenvalue weighted by molar-refractivity contribution is 7.89. The number of ether oxygens (including phenoxy) is 2. The maximum absolute atomic E-state index is 13.2. The van der Waals surface area contributed by atoms with Gasteiger partial charge in [-0.3, -0.25) is 0 Å². The Morgan fingerprint density at radius 3 is 2.52 bits per heavy atom. The van der Waals surface area contributed by atoms with E-state index in [1.165, 1.54) is 4.31 Å². The van der Waals surface area contributed by atoms with Gasteiger partial charge in [0.15, 0.2) is 0 Å². The molecule has 0 bridgehead atoms. The summed E-state index contributed by atoms with van der Waals surface area (Å²) in [5, 5.41) is 4.12. The largest absolute Gasteiger partial charge is 0.497 e. The van der Waals surface area contributed by atoms with Crippen LogP contribution >= 0.6 is 0 Å². The molecule has 8 nitrogen and oxygen atoms in total. The third-order valence-electron chi connectivity index (χ3n) is 6.01. The van der Waals surface area contributed by atoms with Crippen LogP contribution in [0.15, 0.2) is 51.9 Å². The first kappa shape index (κ1) is 23.3. The third-order valence-corrected chi connectivity index (χ3v) is 7.89. The molecule has 2 heterocycles. The summed E-state index contributed by atoms with van der Waals surface area (Å²) >= 11 is 0. The molecule has 4 rings (SSSR count). The van der Waals surface area contributed by atoms with Gasteiger partial charge in [0.1, 0.15) is 11.5 Å². The van der Waals surface area contributed by atoms with Crippen LogP contribution in [0.4, 0.5) is 0 Å². The van der Waals surface area contributed by atoms with E-state index < -0.39 is 10.0 Å². The molecule has 33 heavy (non-hydrogen) atoms. The number of hydrogen-bond acceptors (Lipinski definition) is 7. The number of sulfonamides is 1. The van der Waals surface area contributed by atoms with Crippen molar-refractivity contribution >= 4 is 10.0 Å². The lowest BCUT2D eigenvalue weighted by Gasteiger charge is -2.30. The van der Waals surface area contributed by atoms with Crippen molar-refractivity contribution < 1.29 is 22.4 Å². The minimum atomic E-state index is -3.60. The molecule has 2 aromatic carbocycles. The quantitative estimate of drug-likeness (QED) is 0.502.